The molecule has 2 heterocycles. The van der Waals surface area contributed by atoms with Crippen LogP contribution in [0.4, 0.5) is 8.78 Å². The fourth-order valence-electron chi connectivity index (χ4n) is 3.29. The summed E-state index contributed by atoms with van der Waals surface area (Å²) in [5.41, 5.74) is 6.13. The first-order valence-corrected chi connectivity index (χ1v) is 10.4. The summed E-state index contributed by atoms with van der Waals surface area (Å²) < 4.78 is 26.2. The molecule has 0 saturated heterocycles. The van der Waals surface area contributed by atoms with Crippen LogP contribution in [-0.4, -0.2) is 9.97 Å². The van der Waals surface area contributed by atoms with Gasteiger partial charge in [-0.2, -0.15) is 0 Å². The average Bonchev–Trinajstić information content (AvgIpc) is 2.88. The summed E-state index contributed by atoms with van der Waals surface area (Å²) >= 11 is 0. The number of nitrogens with zero attached hydrogens (tertiary/aromatic N) is 2. The van der Waals surface area contributed by atoms with Gasteiger partial charge in [0.2, 0.25) is 0 Å². The Bertz CT molecular complexity index is 1290. The number of aryl methyl sites for hydroxylation is 1. The summed E-state index contributed by atoms with van der Waals surface area (Å²) in [4.78, 5) is 8.55. The normalized spacial score (nSPS) is 9.97. The first-order valence-electron chi connectivity index (χ1n) is 10.4. The van der Waals surface area contributed by atoms with Gasteiger partial charge in [-0.15, -0.1) is 59.7 Å². The predicted molar refractivity (Wildman–Crippen MR) is 127 cm³/mol. The Morgan fingerprint density at radius 2 is 1.47 bits per heavy atom. The van der Waals surface area contributed by atoms with Crippen LogP contribution in [0.2, 0.25) is 0 Å². The minimum atomic E-state index is -0.906. The van der Waals surface area contributed by atoms with Crippen molar-refractivity contribution in [3.63, 3.8) is 0 Å². The van der Waals surface area contributed by atoms with Crippen molar-refractivity contribution in [2.45, 2.75) is 6.92 Å². The maximum atomic E-state index is 13.3. The van der Waals surface area contributed by atoms with Gasteiger partial charge in [-0.25, -0.2) is 4.39 Å². The molecular formula is C29H20F2IrN2-2. The van der Waals surface area contributed by atoms with Gasteiger partial charge in [0, 0.05) is 38.1 Å². The zero-order chi connectivity index (χ0) is 23.0. The van der Waals surface area contributed by atoms with Gasteiger partial charge in [-0.05, 0) is 35.5 Å². The molecule has 0 atom stereocenters. The van der Waals surface area contributed by atoms with Gasteiger partial charge in [0.25, 0.3) is 0 Å². The van der Waals surface area contributed by atoms with Crippen LogP contribution in [0.1, 0.15) is 5.56 Å². The molecule has 2 aromatic heterocycles. The van der Waals surface area contributed by atoms with Crippen LogP contribution in [0.25, 0.3) is 33.6 Å². The van der Waals surface area contributed by atoms with Crippen LogP contribution in [0.3, 0.4) is 0 Å². The Kier molecular flexibility index (Phi) is 8.92. The molecule has 1 radical (unpaired) electrons. The Hall–Kier alpha value is -3.53. The molecule has 0 N–H and O–H groups in total. The van der Waals surface area contributed by atoms with E-state index in [-0.39, 0.29) is 20.1 Å². The first kappa shape index (κ1) is 25.1. The second kappa shape index (κ2) is 12.1. The largest absolute Gasteiger partial charge is 0.305 e. The van der Waals surface area contributed by atoms with Crippen molar-refractivity contribution in [1.29, 1.82) is 0 Å². The van der Waals surface area contributed by atoms with Crippen LogP contribution in [-0.2, 0) is 20.1 Å². The Morgan fingerprint density at radius 1 is 0.706 bits per heavy atom. The Labute approximate surface area is 211 Å². The molecule has 5 heteroatoms. The molecule has 34 heavy (non-hydrogen) atoms. The molecule has 0 aliphatic rings. The zero-order valence-corrected chi connectivity index (χ0v) is 20.7. The molecule has 0 spiro atoms. The third-order valence-corrected chi connectivity index (χ3v) is 4.98. The standard InChI is InChI=1S/C18H12F2N.C11H8N.Ir/c1-12-9-18(14-7-8-16(19)17(20)10-14)21-11-15(12)13-5-3-2-4-6-13;1-2-6-10(7-3-1)11-8-4-5-9-12-11;/h2-6,8-11H,1H3;1-6,8-9H;/q2*-1;. The van der Waals surface area contributed by atoms with Gasteiger partial charge in [0.05, 0.1) is 11.6 Å². The summed E-state index contributed by atoms with van der Waals surface area (Å²) in [5, 5.41) is 0. The van der Waals surface area contributed by atoms with Crippen molar-refractivity contribution in [3.8, 4) is 33.6 Å². The molecule has 0 saturated carbocycles. The van der Waals surface area contributed by atoms with E-state index in [1.54, 1.807) is 12.4 Å². The number of aromatic nitrogens is 2. The van der Waals surface area contributed by atoms with Crippen LogP contribution < -0.4 is 0 Å². The van der Waals surface area contributed by atoms with E-state index < -0.39 is 11.6 Å². The quantitative estimate of drug-likeness (QED) is 0.196. The fraction of sp³-hybridized carbons (Fsp3) is 0.0345. The van der Waals surface area contributed by atoms with E-state index in [9.17, 15) is 8.78 Å². The second-order valence-corrected chi connectivity index (χ2v) is 7.28. The van der Waals surface area contributed by atoms with Crippen molar-refractivity contribution in [3.05, 3.63) is 133 Å². The maximum Gasteiger partial charge on any atom is 0.0765 e. The maximum absolute atomic E-state index is 13.3. The van der Waals surface area contributed by atoms with Crippen molar-refractivity contribution < 1.29 is 28.9 Å². The Morgan fingerprint density at radius 3 is 2.12 bits per heavy atom. The molecule has 0 aliphatic heterocycles. The van der Waals surface area contributed by atoms with Gasteiger partial charge < -0.3 is 9.97 Å². The van der Waals surface area contributed by atoms with Crippen LogP contribution >= 0.6 is 0 Å². The van der Waals surface area contributed by atoms with Crippen molar-refractivity contribution in [1.82, 2.24) is 9.97 Å². The van der Waals surface area contributed by atoms with Gasteiger partial charge in [0.1, 0.15) is 0 Å². The number of hydrogen-bond donors (Lipinski definition) is 0. The van der Waals surface area contributed by atoms with E-state index in [0.29, 0.717) is 11.3 Å². The predicted octanol–water partition coefficient (Wildman–Crippen LogP) is 7.35. The number of halogens is 2. The molecule has 0 fully saturated rings. The SMILES string of the molecule is Cc1cc(-c2[c-]cc(F)c(F)c2)ncc1-c1ccccc1.[Ir].[c-]1ccccc1-c1ccccn1. The minimum Gasteiger partial charge on any atom is -0.305 e. The van der Waals surface area contributed by atoms with Gasteiger partial charge in [-0.1, -0.05) is 48.5 Å². The third-order valence-electron chi connectivity index (χ3n) is 4.98. The molecule has 5 rings (SSSR count). The third kappa shape index (κ3) is 6.28. The molecule has 0 bridgehead atoms. The van der Waals surface area contributed by atoms with Crippen LogP contribution in [0, 0.1) is 30.7 Å². The molecule has 0 amide bonds. The number of pyridine rings is 2. The van der Waals surface area contributed by atoms with E-state index in [2.05, 4.69) is 22.1 Å². The topological polar surface area (TPSA) is 25.8 Å². The van der Waals surface area contributed by atoms with E-state index in [0.717, 1.165) is 40.1 Å². The van der Waals surface area contributed by atoms with Crippen LogP contribution in [0.15, 0.2) is 103 Å². The van der Waals surface area contributed by atoms with Crippen molar-refractivity contribution >= 4 is 0 Å². The summed E-state index contributed by atoms with van der Waals surface area (Å²) in [6, 6.07) is 33.4. The van der Waals surface area contributed by atoms with Crippen molar-refractivity contribution in [2.24, 2.45) is 0 Å². The van der Waals surface area contributed by atoms with Gasteiger partial charge in [0.15, 0.2) is 0 Å². The van der Waals surface area contributed by atoms with Gasteiger partial charge >= 0.3 is 0 Å². The molecule has 5 aromatic rings. The van der Waals surface area contributed by atoms with Gasteiger partial charge in [-0.3, -0.25) is 4.39 Å². The summed E-state index contributed by atoms with van der Waals surface area (Å²) in [6.45, 7) is 1.97. The second-order valence-electron chi connectivity index (χ2n) is 7.28. The summed E-state index contributed by atoms with van der Waals surface area (Å²) in [7, 11) is 0. The smallest absolute Gasteiger partial charge is 0.0765 e. The van der Waals surface area contributed by atoms with E-state index in [1.807, 2.05) is 85.8 Å². The minimum absolute atomic E-state index is 0. The number of rotatable bonds is 3. The summed E-state index contributed by atoms with van der Waals surface area (Å²) in [6.07, 6.45) is 3.53. The van der Waals surface area contributed by atoms with E-state index >= 15 is 0 Å². The molecule has 2 nitrogen and oxygen atoms in total. The monoisotopic (exact) mass is 627 g/mol. The zero-order valence-electron chi connectivity index (χ0n) is 18.3. The molecule has 0 aliphatic carbocycles. The number of benzene rings is 3. The van der Waals surface area contributed by atoms with E-state index in [4.69, 9.17) is 0 Å². The van der Waals surface area contributed by atoms with Crippen LogP contribution in [0.5, 0.6) is 0 Å². The molecule has 171 valence electrons. The molecular weight excluding hydrogens is 607 g/mol. The average molecular weight is 627 g/mol. The fourth-order valence-corrected chi connectivity index (χ4v) is 3.29. The Balaban J connectivity index is 0.000000212. The molecule has 0 unspecified atom stereocenters. The summed E-state index contributed by atoms with van der Waals surface area (Å²) in [5.74, 6) is -1.80. The number of hydrogen-bond acceptors (Lipinski definition) is 2. The van der Waals surface area contributed by atoms with E-state index in [1.165, 1.54) is 0 Å². The van der Waals surface area contributed by atoms with Crippen molar-refractivity contribution in [2.75, 3.05) is 0 Å². The first-order chi connectivity index (χ1) is 16.1. The molecule has 3 aromatic carbocycles.